The molecule has 27 heavy (non-hydrogen) atoms. The van der Waals surface area contributed by atoms with Crippen molar-refractivity contribution in [1.82, 2.24) is 0 Å². The fraction of sp³-hybridized carbons (Fsp3) is 0.0909. The van der Waals surface area contributed by atoms with Gasteiger partial charge in [-0.25, -0.2) is 8.42 Å². The Morgan fingerprint density at radius 1 is 0.926 bits per heavy atom. The van der Waals surface area contributed by atoms with E-state index in [2.05, 4.69) is 11.3 Å². The monoisotopic (exact) mass is 378 g/mol. The fourth-order valence-corrected chi connectivity index (χ4v) is 3.74. The van der Waals surface area contributed by atoms with Gasteiger partial charge in [-0.2, -0.15) is 0 Å². The standard InChI is InChI=1S/C22H22N2O2S/c1-17-12-14-22(15-13-17)27(25,26)23-20-10-7-11-21(16-20)24(3)18(2)19-8-5-4-6-9-19/h4-16,23H,2H2,1,3H3. The number of nitrogens with zero attached hydrogens (tertiary/aromatic N) is 1. The van der Waals surface area contributed by atoms with Gasteiger partial charge in [-0.1, -0.05) is 60.7 Å². The van der Waals surface area contributed by atoms with Gasteiger partial charge < -0.3 is 4.90 Å². The highest BCUT2D eigenvalue weighted by molar-refractivity contribution is 7.92. The molecule has 4 nitrogen and oxygen atoms in total. The van der Waals surface area contributed by atoms with Gasteiger partial charge >= 0.3 is 0 Å². The number of sulfonamides is 1. The Bertz CT molecular complexity index is 1040. The SMILES string of the molecule is C=C(c1ccccc1)N(C)c1cccc(NS(=O)(=O)c2ccc(C)cc2)c1. The molecule has 138 valence electrons. The zero-order valence-corrected chi connectivity index (χ0v) is 16.2. The van der Waals surface area contributed by atoms with Gasteiger partial charge in [-0.15, -0.1) is 0 Å². The Morgan fingerprint density at radius 2 is 1.59 bits per heavy atom. The molecule has 0 heterocycles. The summed E-state index contributed by atoms with van der Waals surface area (Å²) in [5.41, 5.74) is 4.19. The number of nitrogens with one attached hydrogen (secondary N) is 1. The summed E-state index contributed by atoms with van der Waals surface area (Å²) in [7, 11) is -1.73. The summed E-state index contributed by atoms with van der Waals surface area (Å²) in [5.74, 6) is 0. The van der Waals surface area contributed by atoms with Crippen LogP contribution in [0.4, 0.5) is 11.4 Å². The lowest BCUT2D eigenvalue weighted by Gasteiger charge is -2.23. The Balaban J connectivity index is 1.83. The molecule has 1 N–H and O–H groups in total. The molecule has 0 bridgehead atoms. The van der Waals surface area contributed by atoms with Gasteiger partial charge in [0.2, 0.25) is 0 Å². The molecule has 0 atom stereocenters. The molecule has 0 radical (unpaired) electrons. The maximum Gasteiger partial charge on any atom is 0.261 e. The van der Waals surface area contributed by atoms with Crippen molar-refractivity contribution >= 4 is 27.1 Å². The fourth-order valence-electron chi connectivity index (χ4n) is 2.69. The summed E-state index contributed by atoms with van der Waals surface area (Å²) >= 11 is 0. The maximum atomic E-state index is 12.6. The van der Waals surface area contributed by atoms with Crippen LogP contribution in [0.3, 0.4) is 0 Å². The van der Waals surface area contributed by atoms with E-state index >= 15 is 0 Å². The highest BCUT2D eigenvalue weighted by Crippen LogP contribution is 2.26. The van der Waals surface area contributed by atoms with E-state index in [1.165, 1.54) is 0 Å². The van der Waals surface area contributed by atoms with Crippen LogP contribution in [0.2, 0.25) is 0 Å². The van der Waals surface area contributed by atoms with Gasteiger partial charge in [0.15, 0.2) is 0 Å². The normalized spacial score (nSPS) is 11.0. The van der Waals surface area contributed by atoms with Gasteiger partial charge in [0.05, 0.1) is 10.6 Å². The molecule has 0 saturated heterocycles. The van der Waals surface area contributed by atoms with Gasteiger partial charge in [0.25, 0.3) is 10.0 Å². The van der Waals surface area contributed by atoms with E-state index in [0.29, 0.717) is 5.69 Å². The Morgan fingerprint density at radius 3 is 2.26 bits per heavy atom. The number of hydrogen-bond acceptors (Lipinski definition) is 3. The van der Waals surface area contributed by atoms with Gasteiger partial charge in [0, 0.05) is 18.4 Å². The predicted molar refractivity (Wildman–Crippen MR) is 112 cm³/mol. The Labute approximate surface area is 160 Å². The van der Waals surface area contributed by atoms with Crippen molar-refractivity contribution in [3.63, 3.8) is 0 Å². The summed E-state index contributed by atoms with van der Waals surface area (Å²) in [6.07, 6.45) is 0. The molecule has 0 aliphatic rings. The zero-order chi connectivity index (χ0) is 19.4. The molecule has 0 amide bonds. The van der Waals surface area contributed by atoms with Crippen LogP contribution in [0, 0.1) is 6.92 Å². The maximum absolute atomic E-state index is 12.6. The van der Waals surface area contributed by atoms with Crippen LogP contribution in [0.1, 0.15) is 11.1 Å². The van der Waals surface area contributed by atoms with E-state index in [1.54, 1.807) is 36.4 Å². The molecule has 3 aromatic rings. The number of anilines is 2. The van der Waals surface area contributed by atoms with E-state index in [1.807, 2.05) is 61.3 Å². The lowest BCUT2D eigenvalue weighted by atomic mass is 10.1. The highest BCUT2D eigenvalue weighted by atomic mass is 32.2. The van der Waals surface area contributed by atoms with Crippen molar-refractivity contribution in [2.24, 2.45) is 0 Å². The number of aryl methyl sites for hydroxylation is 1. The van der Waals surface area contributed by atoms with Crippen molar-refractivity contribution in [3.05, 3.63) is 96.6 Å². The smallest absolute Gasteiger partial charge is 0.261 e. The van der Waals surface area contributed by atoms with E-state index in [0.717, 1.165) is 22.5 Å². The minimum absolute atomic E-state index is 0.237. The van der Waals surface area contributed by atoms with Gasteiger partial charge in [-0.05, 0) is 42.8 Å². The largest absolute Gasteiger partial charge is 0.345 e. The van der Waals surface area contributed by atoms with E-state index in [9.17, 15) is 8.42 Å². The van der Waals surface area contributed by atoms with Crippen LogP contribution in [0.5, 0.6) is 0 Å². The molecule has 0 fully saturated rings. The second-order valence-corrected chi connectivity index (χ2v) is 8.02. The molecular weight excluding hydrogens is 356 g/mol. The van der Waals surface area contributed by atoms with Crippen molar-refractivity contribution < 1.29 is 8.42 Å². The Kier molecular flexibility index (Phi) is 5.33. The van der Waals surface area contributed by atoms with Crippen LogP contribution in [0.25, 0.3) is 5.70 Å². The molecule has 3 aromatic carbocycles. The van der Waals surface area contributed by atoms with Crippen molar-refractivity contribution in [2.45, 2.75) is 11.8 Å². The summed E-state index contributed by atoms with van der Waals surface area (Å²) in [4.78, 5) is 2.17. The molecule has 0 unspecified atom stereocenters. The molecule has 0 aliphatic heterocycles. The summed E-state index contributed by atoms with van der Waals surface area (Å²) < 4.78 is 27.9. The second kappa shape index (κ2) is 7.68. The zero-order valence-electron chi connectivity index (χ0n) is 15.4. The first kappa shape index (κ1) is 18.7. The summed E-state index contributed by atoms with van der Waals surface area (Å²) in [6, 6.07) is 23.9. The third-order valence-corrected chi connectivity index (χ3v) is 5.73. The summed E-state index contributed by atoms with van der Waals surface area (Å²) in [5, 5.41) is 0. The third-order valence-electron chi connectivity index (χ3n) is 4.33. The van der Waals surface area contributed by atoms with Crippen LogP contribution >= 0.6 is 0 Å². The lowest BCUT2D eigenvalue weighted by Crippen LogP contribution is -2.16. The molecule has 0 spiro atoms. The number of rotatable bonds is 6. The minimum Gasteiger partial charge on any atom is -0.345 e. The van der Waals surface area contributed by atoms with Gasteiger partial charge in [0.1, 0.15) is 0 Å². The number of benzene rings is 3. The van der Waals surface area contributed by atoms with Crippen molar-refractivity contribution in [1.29, 1.82) is 0 Å². The molecular formula is C22H22N2O2S. The van der Waals surface area contributed by atoms with E-state index < -0.39 is 10.0 Å². The quantitative estimate of drug-likeness (QED) is 0.663. The van der Waals surface area contributed by atoms with E-state index in [-0.39, 0.29) is 4.90 Å². The molecule has 0 aromatic heterocycles. The lowest BCUT2D eigenvalue weighted by molar-refractivity contribution is 0.601. The first-order chi connectivity index (χ1) is 12.9. The second-order valence-electron chi connectivity index (χ2n) is 6.34. The third kappa shape index (κ3) is 4.38. The van der Waals surface area contributed by atoms with Crippen LogP contribution < -0.4 is 9.62 Å². The van der Waals surface area contributed by atoms with Gasteiger partial charge in [-0.3, -0.25) is 4.72 Å². The molecule has 0 saturated carbocycles. The molecule has 3 rings (SSSR count). The van der Waals surface area contributed by atoms with Crippen LogP contribution in [-0.2, 0) is 10.0 Å². The van der Waals surface area contributed by atoms with Crippen LogP contribution in [0.15, 0.2) is 90.3 Å². The van der Waals surface area contributed by atoms with Crippen LogP contribution in [-0.4, -0.2) is 15.5 Å². The number of hydrogen-bond donors (Lipinski definition) is 1. The Hall–Kier alpha value is -3.05. The topological polar surface area (TPSA) is 49.4 Å². The first-order valence-electron chi connectivity index (χ1n) is 8.54. The van der Waals surface area contributed by atoms with Crippen molar-refractivity contribution in [2.75, 3.05) is 16.7 Å². The predicted octanol–water partition coefficient (Wildman–Crippen LogP) is 4.90. The molecule has 5 heteroatoms. The van der Waals surface area contributed by atoms with Crippen molar-refractivity contribution in [3.8, 4) is 0 Å². The average molecular weight is 378 g/mol. The molecule has 0 aliphatic carbocycles. The average Bonchev–Trinajstić information content (AvgIpc) is 2.67. The highest BCUT2D eigenvalue weighted by Gasteiger charge is 2.15. The summed E-state index contributed by atoms with van der Waals surface area (Å²) in [6.45, 7) is 6.07. The minimum atomic E-state index is -3.64. The van der Waals surface area contributed by atoms with E-state index in [4.69, 9.17) is 0 Å². The first-order valence-corrected chi connectivity index (χ1v) is 10.0.